The number of aliphatic hydroxyl groups is 1. The lowest BCUT2D eigenvalue weighted by Crippen LogP contribution is -2.18. The van der Waals surface area contributed by atoms with Crippen LogP contribution in [0, 0.1) is 0 Å². The zero-order valence-corrected chi connectivity index (χ0v) is 8.44. The summed E-state index contributed by atoms with van der Waals surface area (Å²) >= 11 is 4.81. The number of aromatic nitrogens is 1. The first-order valence-corrected chi connectivity index (χ1v) is 4.82. The van der Waals surface area contributed by atoms with E-state index in [1.807, 2.05) is 6.92 Å². The Hall–Kier alpha value is -0.130. The average molecular weight is 237 g/mol. The van der Waals surface area contributed by atoms with Gasteiger partial charge in [0.25, 0.3) is 0 Å². The molecular formula is C6H9BrN2OS. The maximum absolute atomic E-state index is 8.71. The predicted octanol–water partition coefficient (Wildman–Crippen LogP) is 1.70. The molecule has 3 nitrogen and oxygen atoms in total. The van der Waals surface area contributed by atoms with Gasteiger partial charge in [0.2, 0.25) is 0 Å². The Morgan fingerprint density at radius 1 is 1.91 bits per heavy atom. The number of anilines is 1. The molecule has 0 aromatic carbocycles. The van der Waals surface area contributed by atoms with Crippen LogP contribution in [0.1, 0.15) is 6.92 Å². The molecule has 1 aromatic rings. The zero-order valence-electron chi connectivity index (χ0n) is 6.04. The van der Waals surface area contributed by atoms with Gasteiger partial charge in [0.05, 0.1) is 16.6 Å². The van der Waals surface area contributed by atoms with Crippen LogP contribution in [0.5, 0.6) is 0 Å². The Morgan fingerprint density at radius 2 is 2.64 bits per heavy atom. The summed E-state index contributed by atoms with van der Waals surface area (Å²) in [7, 11) is 0. The Morgan fingerprint density at radius 3 is 3.09 bits per heavy atom. The van der Waals surface area contributed by atoms with E-state index >= 15 is 0 Å². The highest BCUT2D eigenvalue weighted by Crippen LogP contribution is 2.23. The van der Waals surface area contributed by atoms with E-state index in [4.69, 9.17) is 5.11 Å². The van der Waals surface area contributed by atoms with Crippen molar-refractivity contribution < 1.29 is 5.11 Å². The molecule has 0 fully saturated rings. The minimum Gasteiger partial charge on any atom is -0.394 e. The smallest absolute Gasteiger partial charge is 0.183 e. The quantitative estimate of drug-likeness (QED) is 0.840. The van der Waals surface area contributed by atoms with Crippen molar-refractivity contribution in [3.8, 4) is 0 Å². The number of aliphatic hydroxyl groups excluding tert-OH is 1. The van der Waals surface area contributed by atoms with Gasteiger partial charge in [0.1, 0.15) is 0 Å². The first kappa shape index (κ1) is 8.96. The third-order valence-corrected chi connectivity index (χ3v) is 2.53. The summed E-state index contributed by atoms with van der Waals surface area (Å²) in [5, 5.41) is 12.6. The molecule has 0 radical (unpaired) electrons. The van der Waals surface area contributed by atoms with E-state index in [0.29, 0.717) is 0 Å². The second-order valence-electron chi connectivity index (χ2n) is 2.20. The first-order valence-electron chi connectivity index (χ1n) is 3.21. The lowest BCUT2D eigenvalue weighted by atomic mass is 10.4. The summed E-state index contributed by atoms with van der Waals surface area (Å²) in [4.78, 5) is 4.05. The molecule has 11 heavy (non-hydrogen) atoms. The molecule has 0 saturated carbocycles. The number of thiazole rings is 1. The van der Waals surface area contributed by atoms with E-state index in [2.05, 4.69) is 26.2 Å². The van der Waals surface area contributed by atoms with Crippen molar-refractivity contribution in [2.75, 3.05) is 11.9 Å². The van der Waals surface area contributed by atoms with Crippen LogP contribution in [-0.2, 0) is 0 Å². The molecule has 0 amide bonds. The van der Waals surface area contributed by atoms with Gasteiger partial charge in [-0.05, 0) is 22.9 Å². The number of rotatable bonds is 3. The molecule has 1 rings (SSSR count). The van der Waals surface area contributed by atoms with Gasteiger partial charge >= 0.3 is 0 Å². The molecule has 0 aliphatic heterocycles. The maximum Gasteiger partial charge on any atom is 0.183 e. The van der Waals surface area contributed by atoms with Crippen molar-refractivity contribution in [3.63, 3.8) is 0 Å². The molecule has 0 bridgehead atoms. The highest BCUT2D eigenvalue weighted by Gasteiger charge is 2.02. The van der Waals surface area contributed by atoms with Gasteiger partial charge < -0.3 is 10.4 Å². The second kappa shape index (κ2) is 4.04. The lowest BCUT2D eigenvalue weighted by Gasteiger charge is -2.07. The molecular weight excluding hydrogens is 228 g/mol. The van der Waals surface area contributed by atoms with E-state index in [-0.39, 0.29) is 12.6 Å². The minimum atomic E-state index is 0.0630. The van der Waals surface area contributed by atoms with E-state index in [9.17, 15) is 0 Å². The Kier molecular flexibility index (Phi) is 3.29. The Bertz CT molecular complexity index is 228. The summed E-state index contributed by atoms with van der Waals surface area (Å²) < 4.78 is 0.991. The van der Waals surface area contributed by atoms with Crippen molar-refractivity contribution in [1.29, 1.82) is 0 Å². The number of nitrogens with one attached hydrogen (secondary N) is 1. The summed E-state index contributed by atoms with van der Waals surface area (Å²) in [5.41, 5.74) is 0. The van der Waals surface area contributed by atoms with Gasteiger partial charge in [0, 0.05) is 6.04 Å². The van der Waals surface area contributed by atoms with Gasteiger partial charge in [-0.15, -0.1) is 0 Å². The van der Waals surface area contributed by atoms with Crippen molar-refractivity contribution in [3.05, 3.63) is 9.98 Å². The molecule has 0 spiro atoms. The van der Waals surface area contributed by atoms with Gasteiger partial charge in [-0.3, -0.25) is 0 Å². The van der Waals surface area contributed by atoms with Gasteiger partial charge in [-0.1, -0.05) is 11.3 Å². The van der Waals surface area contributed by atoms with E-state index in [1.165, 1.54) is 11.3 Å². The largest absolute Gasteiger partial charge is 0.394 e. The molecule has 1 aromatic heterocycles. The number of hydrogen-bond donors (Lipinski definition) is 2. The van der Waals surface area contributed by atoms with Crippen LogP contribution in [0.2, 0.25) is 0 Å². The summed E-state index contributed by atoms with van der Waals surface area (Å²) in [5.74, 6) is 0. The molecule has 2 N–H and O–H groups in total. The molecule has 1 atom stereocenters. The molecule has 0 aliphatic carbocycles. The van der Waals surface area contributed by atoms with Crippen molar-refractivity contribution in [2.24, 2.45) is 0 Å². The topological polar surface area (TPSA) is 45.1 Å². The third kappa shape index (κ3) is 2.76. The van der Waals surface area contributed by atoms with Gasteiger partial charge in [-0.2, -0.15) is 0 Å². The molecule has 1 unspecified atom stereocenters. The van der Waals surface area contributed by atoms with Crippen LogP contribution < -0.4 is 5.32 Å². The highest BCUT2D eigenvalue weighted by atomic mass is 79.9. The number of halogens is 1. The van der Waals surface area contributed by atoms with Crippen LogP contribution in [0.4, 0.5) is 5.13 Å². The Labute approximate surface area is 77.6 Å². The van der Waals surface area contributed by atoms with Crippen molar-refractivity contribution >= 4 is 32.4 Å². The van der Waals surface area contributed by atoms with E-state index in [0.717, 1.165) is 8.92 Å². The number of nitrogens with zero attached hydrogens (tertiary/aromatic N) is 1. The van der Waals surface area contributed by atoms with Crippen molar-refractivity contribution in [2.45, 2.75) is 13.0 Å². The Balaban J connectivity index is 2.50. The molecule has 1 heterocycles. The van der Waals surface area contributed by atoms with Crippen LogP contribution in [-0.4, -0.2) is 22.7 Å². The summed E-state index contributed by atoms with van der Waals surface area (Å²) in [6.45, 7) is 2.02. The fourth-order valence-corrected chi connectivity index (χ4v) is 1.80. The fourth-order valence-electron chi connectivity index (χ4n) is 0.578. The maximum atomic E-state index is 8.71. The van der Waals surface area contributed by atoms with Crippen molar-refractivity contribution in [1.82, 2.24) is 4.98 Å². The van der Waals surface area contributed by atoms with Gasteiger partial charge in [0.15, 0.2) is 5.13 Å². The molecule has 62 valence electrons. The SMILES string of the molecule is CC(CO)Nc1ncc(Br)s1. The van der Waals surface area contributed by atoms with Crippen LogP contribution in [0.15, 0.2) is 9.98 Å². The number of hydrogen-bond acceptors (Lipinski definition) is 4. The zero-order chi connectivity index (χ0) is 8.27. The fraction of sp³-hybridized carbons (Fsp3) is 0.500. The molecule has 0 saturated heterocycles. The van der Waals surface area contributed by atoms with E-state index in [1.54, 1.807) is 6.20 Å². The van der Waals surface area contributed by atoms with Crippen LogP contribution >= 0.6 is 27.3 Å². The lowest BCUT2D eigenvalue weighted by molar-refractivity contribution is 0.281. The van der Waals surface area contributed by atoms with Crippen LogP contribution in [0.3, 0.4) is 0 Å². The molecule has 0 aliphatic rings. The van der Waals surface area contributed by atoms with E-state index < -0.39 is 0 Å². The minimum absolute atomic E-state index is 0.0630. The third-order valence-electron chi connectivity index (χ3n) is 1.12. The standard InChI is InChI=1S/C6H9BrN2OS/c1-4(3-10)9-6-8-2-5(7)11-6/h2,4,10H,3H2,1H3,(H,8,9). The highest BCUT2D eigenvalue weighted by molar-refractivity contribution is 9.11. The normalized spacial score (nSPS) is 13.0. The monoisotopic (exact) mass is 236 g/mol. The second-order valence-corrected chi connectivity index (χ2v) is 4.61. The summed E-state index contributed by atoms with van der Waals surface area (Å²) in [6.07, 6.45) is 1.73. The molecule has 5 heteroatoms. The van der Waals surface area contributed by atoms with Gasteiger partial charge in [-0.25, -0.2) is 4.98 Å². The first-order chi connectivity index (χ1) is 5.22. The average Bonchev–Trinajstić information content (AvgIpc) is 2.35. The van der Waals surface area contributed by atoms with Crippen LogP contribution in [0.25, 0.3) is 0 Å². The predicted molar refractivity (Wildman–Crippen MR) is 50.0 cm³/mol. The summed E-state index contributed by atoms with van der Waals surface area (Å²) in [6, 6.07) is 0.0630.